The summed E-state index contributed by atoms with van der Waals surface area (Å²) in [6.45, 7) is 0. The first-order valence-electron chi connectivity index (χ1n) is 8.57. The highest BCUT2D eigenvalue weighted by molar-refractivity contribution is 7.98. The molecule has 2 aromatic carbocycles. The number of hydrogen-bond donors (Lipinski definition) is 1. The molecule has 5 nitrogen and oxygen atoms in total. The van der Waals surface area contributed by atoms with Crippen molar-refractivity contribution in [1.82, 2.24) is 15.0 Å². The Morgan fingerprint density at radius 2 is 1.89 bits per heavy atom. The first kappa shape index (κ1) is 17.1. The number of pyridine rings is 1. The van der Waals surface area contributed by atoms with Crippen LogP contribution in [0, 0.1) is 0 Å². The number of para-hydroxylation sites is 1. The van der Waals surface area contributed by atoms with Crippen LogP contribution >= 0.6 is 23.1 Å². The van der Waals surface area contributed by atoms with Gasteiger partial charge in [-0.3, -0.25) is 0 Å². The quantitative estimate of drug-likeness (QED) is 0.321. The monoisotopic (exact) mass is 403 g/mol. The van der Waals surface area contributed by atoms with Crippen LogP contribution in [0.1, 0.15) is 15.9 Å². The summed E-state index contributed by atoms with van der Waals surface area (Å²) in [6.07, 6.45) is 1.60. The lowest BCUT2D eigenvalue weighted by molar-refractivity contribution is 0.0697. The van der Waals surface area contributed by atoms with E-state index in [2.05, 4.69) is 22.1 Å². The first-order valence-corrected chi connectivity index (χ1v) is 10.4. The fourth-order valence-electron chi connectivity index (χ4n) is 3.08. The topological polar surface area (TPSA) is 76.0 Å². The Balaban J connectivity index is 1.52. The Hall–Kier alpha value is -3.03. The maximum Gasteiger partial charge on any atom is 0.335 e. The average Bonchev–Trinajstić information content (AvgIpc) is 3.09. The van der Waals surface area contributed by atoms with Gasteiger partial charge >= 0.3 is 5.97 Å². The molecule has 0 saturated heterocycles. The van der Waals surface area contributed by atoms with E-state index in [1.165, 1.54) is 0 Å². The Morgan fingerprint density at radius 1 is 1.07 bits per heavy atom. The number of carboxylic acid groups (broad SMARTS) is 1. The molecule has 0 spiro atoms. The molecule has 0 aliphatic heterocycles. The fourth-order valence-corrected chi connectivity index (χ4v) is 5.23. The second kappa shape index (κ2) is 6.85. The van der Waals surface area contributed by atoms with Gasteiger partial charge in [-0.05, 0) is 29.8 Å². The van der Waals surface area contributed by atoms with E-state index in [1.54, 1.807) is 41.6 Å². The Kier molecular flexibility index (Phi) is 4.18. The molecule has 0 aliphatic rings. The number of benzene rings is 2. The van der Waals surface area contributed by atoms with Crippen LogP contribution in [0.15, 0.2) is 66.0 Å². The van der Waals surface area contributed by atoms with E-state index >= 15 is 0 Å². The minimum Gasteiger partial charge on any atom is -0.478 e. The number of nitrogens with zero attached hydrogens (tertiary/aromatic N) is 3. The number of carbonyl (C=O) groups is 1. The van der Waals surface area contributed by atoms with E-state index < -0.39 is 5.97 Å². The van der Waals surface area contributed by atoms with Gasteiger partial charge in [0.25, 0.3) is 0 Å². The molecule has 0 unspecified atom stereocenters. The molecule has 3 aromatic heterocycles. The standard InChI is InChI=1S/C21H13N3O2S2/c25-21(26)13-7-5-12(6-8-13)10-27-20-18-17(22-11-23-20)15-9-14-3-1-2-4-16(14)24-19(15)28-18/h1-9,11H,10H2,(H,25,26). The molecule has 136 valence electrons. The summed E-state index contributed by atoms with van der Waals surface area (Å²) in [5, 5.41) is 12.1. The van der Waals surface area contributed by atoms with Gasteiger partial charge in [-0.1, -0.05) is 30.3 Å². The van der Waals surface area contributed by atoms with Crippen molar-refractivity contribution >= 4 is 60.4 Å². The van der Waals surface area contributed by atoms with Gasteiger partial charge in [-0.2, -0.15) is 0 Å². The summed E-state index contributed by atoms with van der Waals surface area (Å²) in [6, 6.07) is 17.2. The van der Waals surface area contributed by atoms with Gasteiger partial charge in [-0.15, -0.1) is 23.1 Å². The van der Waals surface area contributed by atoms with E-state index in [0.717, 1.165) is 41.9 Å². The van der Waals surface area contributed by atoms with Crippen LogP contribution in [0.2, 0.25) is 0 Å². The molecule has 0 amide bonds. The number of rotatable bonds is 4. The lowest BCUT2D eigenvalue weighted by Gasteiger charge is -2.03. The van der Waals surface area contributed by atoms with Crippen LogP contribution in [0.5, 0.6) is 0 Å². The number of aromatic carboxylic acids is 1. The minimum absolute atomic E-state index is 0.292. The second-order valence-corrected chi connectivity index (χ2v) is 8.25. The highest BCUT2D eigenvalue weighted by Crippen LogP contribution is 2.38. The molecule has 1 N–H and O–H groups in total. The van der Waals surface area contributed by atoms with Crippen molar-refractivity contribution in [2.75, 3.05) is 0 Å². The summed E-state index contributed by atoms with van der Waals surface area (Å²) in [7, 11) is 0. The lowest BCUT2D eigenvalue weighted by atomic mass is 10.1. The molecule has 5 rings (SSSR count). The molecular formula is C21H13N3O2S2. The molecule has 0 saturated carbocycles. The smallest absolute Gasteiger partial charge is 0.335 e. The van der Waals surface area contributed by atoms with Crippen LogP contribution in [-0.4, -0.2) is 26.0 Å². The number of carboxylic acids is 1. The third kappa shape index (κ3) is 2.98. The highest BCUT2D eigenvalue weighted by atomic mass is 32.2. The molecule has 0 atom stereocenters. The first-order chi connectivity index (χ1) is 13.7. The number of hydrogen-bond acceptors (Lipinski definition) is 6. The van der Waals surface area contributed by atoms with Crippen LogP contribution < -0.4 is 0 Å². The highest BCUT2D eigenvalue weighted by Gasteiger charge is 2.14. The minimum atomic E-state index is -0.915. The third-order valence-corrected chi connectivity index (χ3v) is 6.78. The van der Waals surface area contributed by atoms with Crippen LogP contribution in [0.25, 0.3) is 31.3 Å². The fraction of sp³-hybridized carbons (Fsp3) is 0.0476. The van der Waals surface area contributed by atoms with Crippen molar-refractivity contribution in [2.45, 2.75) is 10.8 Å². The molecule has 7 heteroatoms. The zero-order valence-corrected chi connectivity index (χ0v) is 16.1. The van der Waals surface area contributed by atoms with Gasteiger partial charge < -0.3 is 5.11 Å². The van der Waals surface area contributed by atoms with Crippen molar-refractivity contribution in [1.29, 1.82) is 0 Å². The molecule has 0 fully saturated rings. The summed E-state index contributed by atoms with van der Waals surface area (Å²) >= 11 is 3.23. The van der Waals surface area contributed by atoms with E-state index in [-0.39, 0.29) is 0 Å². The Bertz CT molecular complexity index is 1350. The Morgan fingerprint density at radius 3 is 2.71 bits per heavy atom. The van der Waals surface area contributed by atoms with Crippen molar-refractivity contribution in [3.05, 3.63) is 72.1 Å². The normalized spacial score (nSPS) is 11.4. The zero-order chi connectivity index (χ0) is 19.1. The predicted octanol–water partition coefficient (Wildman–Crippen LogP) is 5.38. The van der Waals surface area contributed by atoms with Crippen molar-refractivity contribution in [3.63, 3.8) is 0 Å². The van der Waals surface area contributed by atoms with Crippen LogP contribution in [-0.2, 0) is 5.75 Å². The molecule has 0 radical (unpaired) electrons. The number of fused-ring (bicyclic) bond motifs is 4. The summed E-state index contributed by atoms with van der Waals surface area (Å²) in [4.78, 5) is 25.7. The lowest BCUT2D eigenvalue weighted by Crippen LogP contribution is -1.95. The molecular weight excluding hydrogens is 390 g/mol. The SMILES string of the molecule is O=C(O)c1ccc(CSc2ncnc3c2sc2nc4ccccc4cc23)cc1. The summed E-state index contributed by atoms with van der Waals surface area (Å²) in [5.41, 5.74) is 3.24. The van der Waals surface area contributed by atoms with Crippen molar-refractivity contribution < 1.29 is 9.90 Å². The predicted molar refractivity (Wildman–Crippen MR) is 113 cm³/mol. The number of thioether (sulfide) groups is 1. The van der Waals surface area contributed by atoms with Gasteiger partial charge in [-0.25, -0.2) is 19.7 Å². The molecule has 0 aliphatic carbocycles. The largest absolute Gasteiger partial charge is 0.478 e. The van der Waals surface area contributed by atoms with E-state index in [9.17, 15) is 4.79 Å². The van der Waals surface area contributed by atoms with Gasteiger partial charge in [0.15, 0.2) is 0 Å². The van der Waals surface area contributed by atoms with E-state index in [1.807, 2.05) is 30.3 Å². The molecule has 28 heavy (non-hydrogen) atoms. The summed E-state index contributed by atoms with van der Waals surface area (Å²) in [5.74, 6) is -0.211. The van der Waals surface area contributed by atoms with Gasteiger partial charge in [0, 0.05) is 16.5 Å². The van der Waals surface area contributed by atoms with Crippen molar-refractivity contribution in [3.8, 4) is 0 Å². The average molecular weight is 403 g/mol. The van der Waals surface area contributed by atoms with E-state index in [4.69, 9.17) is 10.1 Å². The number of aromatic nitrogens is 3. The molecule has 3 heterocycles. The van der Waals surface area contributed by atoms with Gasteiger partial charge in [0.1, 0.15) is 16.2 Å². The zero-order valence-electron chi connectivity index (χ0n) is 14.5. The van der Waals surface area contributed by atoms with Crippen molar-refractivity contribution in [2.24, 2.45) is 0 Å². The maximum absolute atomic E-state index is 11.0. The van der Waals surface area contributed by atoms with Gasteiger partial charge in [0.2, 0.25) is 0 Å². The maximum atomic E-state index is 11.0. The van der Waals surface area contributed by atoms with Gasteiger partial charge in [0.05, 0.1) is 21.3 Å². The number of thiophene rings is 1. The molecule has 0 bridgehead atoms. The Labute approximate surface area is 168 Å². The van der Waals surface area contributed by atoms with E-state index in [0.29, 0.717) is 11.3 Å². The third-order valence-electron chi connectivity index (χ3n) is 4.49. The summed E-state index contributed by atoms with van der Waals surface area (Å²) < 4.78 is 1.03. The molecule has 5 aromatic rings. The van der Waals surface area contributed by atoms with Crippen LogP contribution in [0.4, 0.5) is 0 Å². The van der Waals surface area contributed by atoms with Crippen LogP contribution in [0.3, 0.4) is 0 Å². The second-order valence-electron chi connectivity index (χ2n) is 6.28.